The quantitative estimate of drug-likeness (QED) is 0.398. The first kappa shape index (κ1) is 18.1. The van der Waals surface area contributed by atoms with Gasteiger partial charge in [-0.05, 0) is 55.0 Å². The number of nitrogens with one attached hydrogen (secondary N) is 2. The van der Waals surface area contributed by atoms with Crippen LogP contribution in [0.2, 0.25) is 0 Å². The van der Waals surface area contributed by atoms with Crippen LogP contribution in [0, 0.1) is 0 Å². The molecule has 0 unspecified atom stereocenters. The number of nitrogens with zero attached hydrogens (tertiary/aromatic N) is 1. The lowest BCUT2D eigenvalue weighted by Gasteiger charge is -2.05. The Hall–Kier alpha value is -3.99. The summed E-state index contributed by atoms with van der Waals surface area (Å²) in [7, 11) is 0. The average molecular weight is 395 g/mol. The highest BCUT2D eigenvalue weighted by Gasteiger charge is 2.13. The highest BCUT2D eigenvalue weighted by atomic mass is 16.5. The fourth-order valence-corrected chi connectivity index (χ4v) is 3.54. The summed E-state index contributed by atoms with van der Waals surface area (Å²) in [5, 5.41) is 10.7. The van der Waals surface area contributed by atoms with Crippen LogP contribution in [0.1, 0.15) is 18.2 Å². The minimum atomic E-state index is 0.248. The molecule has 2 aromatic carbocycles. The van der Waals surface area contributed by atoms with Crippen LogP contribution >= 0.6 is 0 Å². The maximum Gasteiger partial charge on any atom is 0.145 e. The zero-order valence-corrected chi connectivity index (χ0v) is 16.5. The molecule has 1 aliphatic rings. The summed E-state index contributed by atoms with van der Waals surface area (Å²) in [5.41, 5.74) is 6.62. The molecule has 0 atom stereocenters. The van der Waals surface area contributed by atoms with Crippen molar-refractivity contribution in [3.05, 3.63) is 89.8 Å². The molecule has 1 aliphatic heterocycles. The number of H-pyrrole nitrogens is 2. The fourth-order valence-electron chi connectivity index (χ4n) is 3.54. The number of aliphatic imine (C=N–C) groups is 1. The van der Waals surface area contributed by atoms with E-state index >= 15 is 0 Å². The van der Waals surface area contributed by atoms with E-state index in [1.165, 1.54) is 0 Å². The van der Waals surface area contributed by atoms with Crippen LogP contribution in [0.25, 0.3) is 28.4 Å². The highest BCUT2D eigenvalue weighted by Crippen LogP contribution is 2.32. The van der Waals surface area contributed by atoms with Crippen molar-refractivity contribution in [1.82, 2.24) is 9.97 Å². The summed E-state index contributed by atoms with van der Waals surface area (Å²) in [6.07, 6.45) is 5.97. The normalized spacial score (nSPS) is 14.6. The molecular formula is C25H21N3O2. The molecule has 0 radical (unpaired) electrons. The molecule has 0 spiro atoms. The number of aromatic hydroxyl groups is 1. The molecule has 5 heteroatoms. The Labute approximate surface area is 174 Å². The van der Waals surface area contributed by atoms with Gasteiger partial charge in [-0.1, -0.05) is 30.3 Å². The van der Waals surface area contributed by atoms with Gasteiger partial charge in [0.05, 0.1) is 22.8 Å². The van der Waals surface area contributed by atoms with Crippen molar-refractivity contribution in [3.8, 4) is 22.9 Å². The highest BCUT2D eigenvalue weighted by molar-refractivity contribution is 5.97. The number of ether oxygens (including phenoxy) is 1. The molecule has 0 bridgehead atoms. The van der Waals surface area contributed by atoms with Gasteiger partial charge in [-0.15, -0.1) is 0 Å². The van der Waals surface area contributed by atoms with Gasteiger partial charge in [0.2, 0.25) is 0 Å². The van der Waals surface area contributed by atoms with E-state index in [9.17, 15) is 5.11 Å². The van der Waals surface area contributed by atoms with Crippen LogP contribution in [0.5, 0.6) is 11.5 Å². The Bertz CT molecular complexity index is 1310. The molecule has 0 saturated carbocycles. The summed E-state index contributed by atoms with van der Waals surface area (Å²) >= 11 is 0. The number of hydrogen-bond donors (Lipinski definition) is 3. The third-order valence-electron chi connectivity index (χ3n) is 5.03. The molecule has 3 heterocycles. The zero-order chi connectivity index (χ0) is 20.5. The molecule has 30 heavy (non-hydrogen) atoms. The van der Waals surface area contributed by atoms with E-state index in [1.54, 1.807) is 12.1 Å². The Morgan fingerprint density at radius 2 is 1.80 bits per heavy atom. The number of phenols is 1. The van der Waals surface area contributed by atoms with E-state index < -0.39 is 0 Å². The predicted octanol–water partition coefficient (Wildman–Crippen LogP) is 5.82. The van der Waals surface area contributed by atoms with Gasteiger partial charge >= 0.3 is 0 Å². The molecule has 2 aromatic heterocycles. The van der Waals surface area contributed by atoms with Gasteiger partial charge in [0.25, 0.3) is 0 Å². The molecule has 0 aliphatic carbocycles. The number of allylic oxidation sites excluding steroid dienone is 2. The number of aromatic nitrogens is 2. The molecule has 5 nitrogen and oxygen atoms in total. The smallest absolute Gasteiger partial charge is 0.145 e. The van der Waals surface area contributed by atoms with Crippen molar-refractivity contribution < 1.29 is 9.84 Å². The third kappa shape index (κ3) is 3.65. The first-order valence-corrected chi connectivity index (χ1v) is 9.81. The lowest BCUT2D eigenvalue weighted by Crippen LogP contribution is -1.95. The van der Waals surface area contributed by atoms with Crippen molar-refractivity contribution in [2.45, 2.75) is 13.5 Å². The van der Waals surface area contributed by atoms with Crippen LogP contribution in [0.15, 0.2) is 83.5 Å². The largest absolute Gasteiger partial charge is 0.508 e. The Morgan fingerprint density at radius 3 is 2.60 bits per heavy atom. The maximum atomic E-state index is 9.75. The monoisotopic (exact) mass is 395 g/mol. The minimum absolute atomic E-state index is 0.248. The van der Waals surface area contributed by atoms with E-state index in [1.807, 2.05) is 73.7 Å². The Kier molecular flexibility index (Phi) is 4.48. The second-order valence-corrected chi connectivity index (χ2v) is 7.35. The van der Waals surface area contributed by atoms with Gasteiger partial charge in [0, 0.05) is 22.7 Å². The standard InChI is InChI=1S/C25H21N3O2/c1-16-7-8-19(26-16)13-24-25(30-15-17-5-3-2-4-6-17)14-23(28-24)22-12-18-11-20(29)9-10-21(18)27-22/h2-14,27-29H,15H2,1H3/b19-13-. The summed E-state index contributed by atoms with van der Waals surface area (Å²) < 4.78 is 6.15. The Morgan fingerprint density at radius 1 is 0.967 bits per heavy atom. The van der Waals surface area contributed by atoms with Crippen molar-refractivity contribution in [3.63, 3.8) is 0 Å². The van der Waals surface area contributed by atoms with Crippen LogP contribution < -0.4 is 4.74 Å². The topological polar surface area (TPSA) is 73.4 Å². The van der Waals surface area contributed by atoms with Gasteiger partial charge in [0.1, 0.15) is 18.1 Å². The molecule has 5 rings (SSSR count). The third-order valence-corrected chi connectivity index (χ3v) is 5.03. The van der Waals surface area contributed by atoms with Gasteiger partial charge in [0.15, 0.2) is 0 Å². The second kappa shape index (κ2) is 7.44. The van der Waals surface area contributed by atoms with E-state index in [2.05, 4.69) is 15.0 Å². The average Bonchev–Trinajstić information content (AvgIpc) is 3.45. The number of phenolic OH excluding ortho intramolecular Hbond substituents is 1. The second-order valence-electron chi connectivity index (χ2n) is 7.35. The van der Waals surface area contributed by atoms with Crippen molar-refractivity contribution in [2.24, 2.45) is 4.99 Å². The van der Waals surface area contributed by atoms with Crippen LogP contribution in [-0.4, -0.2) is 20.8 Å². The number of rotatable bonds is 5. The van der Waals surface area contributed by atoms with E-state index in [4.69, 9.17) is 4.74 Å². The fraction of sp³-hybridized carbons (Fsp3) is 0.0800. The number of hydrogen-bond acceptors (Lipinski definition) is 3. The van der Waals surface area contributed by atoms with E-state index in [-0.39, 0.29) is 5.75 Å². The lowest BCUT2D eigenvalue weighted by molar-refractivity contribution is 0.306. The molecular weight excluding hydrogens is 374 g/mol. The van der Waals surface area contributed by atoms with E-state index in [0.717, 1.165) is 50.7 Å². The molecule has 3 N–H and O–H groups in total. The molecule has 148 valence electrons. The molecule has 0 saturated heterocycles. The van der Waals surface area contributed by atoms with Crippen molar-refractivity contribution in [1.29, 1.82) is 0 Å². The lowest BCUT2D eigenvalue weighted by atomic mass is 10.2. The van der Waals surface area contributed by atoms with Crippen molar-refractivity contribution >= 4 is 22.7 Å². The number of fused-ring (bicyclic) bond motifs is 1. The van der Waals surface area contributed by atoms with Crippen molar-refractivity contribution in [2.75, 3.05) is 0 Å². The van der Waals surface area contributed by atoms with Crippen LogP contribution in [0.3, 0.4) is 0 Å². The van der Waals surface area contributed by atoms with Crippen LogP contribution in [-0.2, 0) is 6.61 Å². The predicted molar refractivity (Wildman–Crippen MR) is 121 cm³/mol. The summed E-state index contributed by atoms with van der Waals surface area (Å²) in [5.74, 6) is 1.01. The molecule has 0 fully saturated rings. The van der Waals surface area contributed by atoms with Crippen LogP contribution in [0.4, 0.5) is 0 Å². The van der Waals surface area contributed by atoms with E-state index in [0.29, 0.717) is 6.61 Å². The zero-order valence-electron chi connectivity index (χ0n) is 16.5. The first-order valence-electron chi connectivity index (χ1n) is 9.81. The minimum Gasteiger partial charge on any atom is -0.508 e. The SMILES string of the molecule is CC1=N/C(=C\c2[nH]c(-c3cc4cc(O)ccc4[nH]3)cc2OCc2ccccc2)C=C1. The maximum absolute atomic E-state index is 9.75. The number of benzene rings is 2. The molecule has 0 amide bonds. The van der Waals surface area contributed by atoms with Gasteiger partial charge in [-0.25, -0.2) is 0 Å². The number of aromatic amines is 2. The van der Waals surface area contributed by atoms with Gasteiger partial charge < -0.3 is 19.8 Å². The first-order chi connectivity index (χ1) is 14.6. The molecule has 4 aromatic rings. The Balaban J connectivity index is 1.52. The summed E-state index contributed by atoms with van der Waals surface area (Å²) in [6, 6.07) is 19.4. The van der Waals surface area contributed by atoms with Gasteiger partial charge in [-0.2, -0.15) is 0 Å². The van der Waals surface area contributed by atoms with Gasteiger partial charge in [-0.3, -0.25) is 4.99 Å². The summed E-state index contributed by atoms with van der Waals surface area (Å²) in [6.45, 7) is 2.46. The summed E-state index contributed by atoms with van der Waals surface area (Å²) in [4.78, 5) is 11.4.